The summed E-state index contributed by atoms with van der Waals surface area (Å²) in [6.45, 7) is 2.52. The monoisotopic (exact) mass is 297 g/mol. The molecule has 0 aliphatic rings. The molecule has 8 nitrogen and oxygen atoms in total. The fraction of sp³-hybridized carbons (Fsp3) is 0.692. The highest BCUT2D eigenvalue weighted by atomic mass is 16.4. The molecule has 0 spiro atoms. The van der Waals surface area contributed by atoms with Gasteiger partial charge in [0, 0.05) is 6.42 Å². The fourth-order valence-electron chi connectivity index (χ4n) is 1.87. The third-order valence-corrected chi connectivity index (χ3v) is 2.87. The van der Waals surface area contributed by atoms with Gasteiger partial charge in [0.2, 0.25) is 23.6 Å². The van der Waals surface area contributed by atoms with Gasteiger partial charge < -0.3 is 21.2 Å². The lowest BCUT2D eigenvalue weighted by atomic mass is 10.1. The van der Waals surface area contributed by atoms with Crippen molar-refractivity contribution in [2.75, 3.05) is 6.54 Å². The maximum atomic E-state index is 11.7. The zero-order valence-corrected chi connectivity index (χ0v) is 12.3. The quantitative estimate of drug-likeness (QED) is 0.527. The molecule has 0 bridgehead atoms. The highest BCUT2D eigenvalue weighted by molar-refractivity contribution is 5.76. The Balaban J connectivity index is 2.71. The highest BCUT2D eigenvalue weighted by Gasteiger charge is 2.20. The molecule has 0 saturated carbocycles. The predicted molar refractivity (Wildman–Crippen MR) is 75.9 cm³/mol. The Morgan fingerprint density at radius 1 is 1.33 bits per heavy atom. The molecule has 0 aliphatic heterocycles. The van der Waals surface area contributed by atoms with Crippen molar-refractivity contribution in [1.29, 1.82) is 0 Å². The van der Waals surface area contributed by atoms with Gasteiger partial charge in [-0.15, -0.1) is 10.2 Å². The summed E-state index contributed by atoms with van der Waals surface area (Å²) in [5.74, 6) is -0.149. The lowest BCUT2D eigenvalue weighted by Gasteiger charge is -2.14. The fourth-order valence-corrected chi connectivity index (χ4v) is 1.87. The Kier molecular flexibility index (Phi) is 7.38. The molecular formula is C13H23N5O3. The molecule has 0 aromatic carbocycles. The molecule has 0 aliphatic carbocycles. The second kappa shape index (κ2) is 9.06. The summed E-state index contributed by atoms with van der Waals surface area (Å²) in [5, 5.41) is 10.5. The number of carbonyl (C=O) groups is 2. The van der Waals surface area contributed by atoms with Crippen molar-refractivity contribution in [3.8, 4) is 0 Å². The molecule has 8 heteroatoms. The van der Waals surface area contributed by atoms with Gasteiger partial charge in [-0.1, -0.05) is 6.92 Å². The van der Waals surface area contributed by atoms with Gasteiger partial charge in [-0.25, -0.2) is 0 Å². The Morgan fingerprint density at radius 2 is 2.10 bits per heavy atom. The number of nitrogens with zero attached hydrogens (tertiary/aromatic N) is 2. The number of primary amides is 1. The van der Waals surface area contributed by atoms with E-state index in [4.69, 9.17) is 15.9 Å². The average Bonchev–Trinajstić information content (AvgIpc) is 2.85. The lowest BCUT2D eigenvalue weighted by Crippen LogP contribution is -2.28. The van der Waals surface area contributed by atoms with E-state index in [2.05, 4.69) is 15.5 Å². The van der Waals surface area contributed by atoms with Crippen molar-refractivity contribution in [1.82, 2.24) is 15.5 Å². The molecule has 0 fully saturated rings. The average molecular weight is 297 g/mol. The van der Waals surface area contributed by atoms with E-state index in [9.17, 15) is 9.59 Å². The molecule has 1 aromatic rings. The number of unbranched alkanes of at least 4 members (excludes halogenated alkanes) is 1. The Labute approximate surface area is 123 Å². The molecule has 118 valence electrons. The van der Waals surface area contributed by atoms with Gasteiger partial charge >= 0.3 is 0 Å². The van der Waals surface area contributed by atoms with Crippen LogP contribution in [-0.2, 0) is 16.0 Å². The first-order chi connectivity index (χ1) is 10.1. The van der Waals surface area contributed by atoms with Crippen LogP contribution in [0.15, 0.2) is 4.42 Å². The van der Waals surface area contributed by atoms with Crippen LogP contribution < -0.4 is 16.8 Å². The van der Waals surface area contributed by atoms with Crippen LogP contribution in [-0.4, -0.2) is 28.6 Å². The molecule has 1 aromatic heterocycles. The summed E-state index contributed by atoms with van der Waals surface area (Å²) < 4.78 is 5.40. The summed E-state index contributed by atoms with van der Waals surface area (Å²) in [7, 11) is 0. The van der Waals surface area contributed by atoms with Crippen LogP contribution in [0, 0.1) is 0 Å². The smallest absolute Gasteiger partial charge is 0.238 e. The highest BCUT2D eigenvalue weighted by Crippen LogP contribution is 2.18. The van der Waals surface area contributed by atoms with Crippen molar-refractivity contribution < 1.29 is 14.0 Å². The summed E-state index contributed by atoms with van der Waals surface area (Å²) in [6, 6.07) is -0.357. The van der Waals surface area contributed by atoms with Gasteiger partial charge in [-0.3, -0.25) is 9.59 Å². The second-order valence-corrected chi connectivity index (χ2v) is 4.83. The van der Waals surface area contributed by atoms with Crippen LogP contribution in [0.25, 0.3) is 0 Å². The first kappa shape index (κ1) is 17.1. The number of nitrogens with one attached hydrogen (secondary N) is 1. The Bertz CT molecular complexity index is 460. The van der Waals surface area contributed by atoms with Crippen molar-refractivity contribution in [2.24, 2.45) is 11.5 Å². The molecule has 0 saturated heterocycles. The van der Waals surface area contributed by atoms with Crippen LogP contribution in [0.5, 0.6) is 0 Å². The summed E-state index contributed by atoms with van der Waals surface area (Å²) in [4.78, 5) is 22.6. The molecule has 21 heavy (non-hydrogen) atoms. The summed E-state index contributed by atoms with van der Waals surface area (Å²) in [6.07, 6.45) is 3.44. The van der Waals surface area contributed by atoms with E-state index < -0.39 is 5.91 Å². The van der Waals surface area contributed by atoms with Crippen LogP contribution in [0.3, 0.4) is 0 Å². The number of hydrogen-bond donors (Lipinski definition) is 3. The van der Waals surface area contributed by atoms with Gasteiger partial charge in [0.1, 0.15) is 12.5 Å². The normalized spacial score (nSPS) is 12.1. The zero-order valence-electron chi connectivity index (χ0n) is 12.3. The van der Waals surface area contributed by atoms with E-state index in [1.165, 1.54) is 0 Å². The standard InChI is InChI=1S/C13H23N5O3/c1-2-5-11(20)16-9(6-3-4-7-14)13-18-17-12(21-13)8-10(15)19/h9H,2-8,14H2,1H3,(H2,15,19)(H,16,20). The van der Waals surface area contributed by atoms with Gasteiger partial charge in [0.15, 0.2) is 0 Å². The second-order valence-electron chi connectivity index (χ2n) is 4.83. The molecule has 1 rings (SSSR count). The lowest BCUT2D eigenvalue weighted by molar-refractivity contribution is -0.122. The minimum absolute atomic E-state index is 0.0649. The number of hydrogen-bond acceptors (Lipinski definition) is 6. The molecule has 1 unspecified atom stereocenters. The van der Waals surface area contributed by atoms with Gasteiger partial charge in [-0.05, 0) is 32.2 Å². The third kappa shape index (κ3) is 6.35. The molecule has 5 N–H and O–H groups in total. The van der Waals surface area contributed by atoms with Gasteiger partial charge in [0.25, 0.3) is 0 Å². The zero-order chi connectivity index (χ0) is 15.7. The SMILES string of the molecule is CCCC(=O)NC(CCCCN)c1nnc(CC(N)=O)o1. The predicted octanol–water partition coefficient (Wildman–Crippen LogP) is 0.184. The minimum atomic E-state index is -0.542. The molecule has 1 atom stereocenters. The largest absolute Gasteiger partial charge is 0.422 e. The van der Waals surface area contributed by atoms with E-state index in [-0.39, 0.29) is 24.3 Å². The molecule has 1 heterocycles. The summed E-state index contributed by atoms with van der Waals surface area (Å²) in [5.41, 5.74) is 10.5. The van der Waals surface area contributed by atoms with Crippen molar-refractivity contribution in [3.63, 3.8) is 0 Å². The van der Waals surface area contributed by atoms with E-state index in [0.29, 0.717) is 25.3 Å². The third-order valence-electron chi connectivity index (χ3n) is 2.87. The van der Waals surface area contributed by atoms with E-state index >= 15 is 0 Å². The maximum Gasteiger partial charge on any atom is 0.238 e. The van der Waals surface area contributed by atoms with E-state index in [0.717, 1.165) is 19.3 Å². The molecular weight excluding hydrogens is 274 g/mol. The minimum Gasteiger partial charge on any atom is -0.422 e. The van der Waals surface area contributed by atoms with Gasteiger partial charge in [0.05, 0.1) is 0 Å². The van der Waals surface area contributed by atoms with Crippen molar-refractivity contribution >= 4 is 11.8 Å². The van der Waals surface area contributed by atoms with Crippen LogP contribution in [0.4, 0.5) is 0 Å². The Morgan fingerprint density at radius 3 is 2.71 bits per heavy atom. The van der Waals surface area contributed by atoms with E-state index in [1.807, 2.05) is 6.92 Å². The van der Waals surface area contributed by atoms with Crippen LogP contribution in [0.2, 0.25) is 0 Å². The molecule has 2 amide bonds. The maximum absolute atomic E-state index is 11.7. The number of carbonyl (C=O) groups excluding carboxylic acids is 2. The Hall–Kier alpha value is -1.96. The topological polar surface area (TPSA) is 137 Å². The van der Waals surface area contributed by atoms with Crippen molar-refractivity contribution in [2.45, 2.75) is 51.5 Å². The number of amides is 2. The van der Waals surface area contributed by atoms with Crippen molar-refractivity contribution in [3.05, 3.63) is 11.8 Å². The van der Waals surface area contributed by atoms with Crippen LogP contribution >= 0.6 is 0 Å². The number of aromatic nitrogens is 2. The van der Waals surface area contributed by atoms with Gasteiger partial charge in [-0.2, -0.15) is 0 Å². The first-order valence-electron chi connectivity index (χ1n) is 7.16. The summed E-state index contributed by atoms with van der Waals surface area (Å²) >= 11 is 0. The van der Waals surface area contributed by atoms with Crippen LogP contribution in [0.1, 0.15) is 56.9 Å². The molecule has 0 radical (unpaired) electrons. The first-order valence-corrected chi connectivity index (χ1v) is 7.16. The number of rotatable bonds is 10. The number of nitrogens with two attached hydrogens (primary N) is 2. The van der Waals surface area contributed by atoms with E-state index in [1.54, 1.807) is 0 Å².